The quantitative estimate of drug-likeness (QED) is 0.337. The van der Waals surface area contributed by atoms with Crippen LogP contribution in [0.25, 0.3) is 0 Å². The second-order valence-corrected chi connectivity index (χ2v) is 9.15. The number of rotatable bonds is 7. The number of carbonyl (C=O) groups is 4. The van der Waals surface area contributed by atoms with Gasteiger partial charge in [-0.15, -0.1) is 0 Å². The Bertz CT molecular complexity index is 1040. The number of ether oxygens (including phenoxy) is 2. The predicted octanol–water partition coefficient (Wildman–Crippen LogP) is 4.37. The standard InChI is InChI=1S/C24H26O10/c1-23(2,3)31-21(29)15-11-8-12-16(22(30)32-24(4,5)6)18(15)34-33-17-13(19(25)26)9-7-10-14(17)20(27)28/h7-12H,1-6H3,(H,25,26)(H,27,28). The fourth-order valence-electron chi connectivity index (χ4n) is 2.66. The van der Waals surface area contributed by atoms with Gasteiger partial charge in [-0.3, -0.25) is 9.78 Å². The third kappa shape index (κ3) is 6.71. The molecule has 2 aromatic carbocycles. The van der Waals surface area contributed by atoms with Gasteiger partial charge in [0, 0.05) is 0 Å². The van der Waals surface area contributed by atoms with Crippen LogP contribution in [-0.4, -0.2) is 45.3 Å². The van der Waals surface area contributed by atoms with Crippen LogP contribution in [-0.2, 0) is 9.47 Å². The first-order valence-electron chi connectivity index (χ1n) is 10.1. The molecular formula is C24H26O10. The highest BCUT2D eigenvalue weighted by molar-refractivity contribution is 6.01. The molecule has 0 aliphatic carbocycles. The van der Waals surface area contributed by atoms with Crippen LogP contribution in [0.15, 0.2) is 36.4 Å². The normalized spacial score (nSPS) is 11.4. The molecule has 0 aliphatic heterocycles. The highest BCUT2D eigenvalue weighted by atomic mass is 17.2. The molecule has 0 unspecified atom stereocenters. The van der Waals surface area contributed by atoms with Gasteiger partial charge in [-0.05, 0) is 65.8 Å². The third-order valence-electron chi connectivity index (χ3n) is 3.94. The average Bonchev–Trinajstić information content (AvgIpc) is 2.68. The Morgan fingerprint density at radius 2 is 0.882 bits per heavy atom. The van der Waals surface area contributed by atoms with Crippen LogP contribution in [0.1, 0.15) is 83.0 Å². The average molecular weight is 474 g/mol. The van der Waals surface area contributed by atoms with Gasteiger partial charge in [-0.1, -0.05) is 12.1 Å². The summed E-state index contributed by atoms with van der Waals surface area (Å²) in [6, 6.07) is 7.47. The Hall–Kier alpha value is -4.08. The van der Waals surface area contributed by atoms with Gasteiger partial charge in [0.15, 0.2) is 0 Å². The second kappa shape index (κ2) is 9.82. The van der Waals surface area contributed by atoms with E-state index in [9.17, 15) is 29.4 Å². The summed E-state index contributed by atoms with van der Waals surface area (Å²) in [5, 5.41) is 18.9. The zero-order chi connectivity index (χ0) is 25.8. The second-order valence-electron chi connectivity index (χ2n) is 9.15. The van der Waals surface area contributed by atoms with Crippen LogP contribution in [0.4, 0.5) is 0 Å². The molecular weight excluding hydrogens is 448 g/mol. The molecule has 0 aromatic heterocycles. The van der Waals surface area contributed by atoms with Crippen molar-refractivity contribution in [2.75, 3.05) is 0 Å². The first-order chi connectivity index (χ1) is 15.6. The molecule has 0 atom stereocenters. The molecule has 2 aromatic rings. The van der Waals surface area contributed by atoms with Gasteiger partial charge in [0.1, 0.15) is 33.5 Å². The lowest BCUT2D eigenvalue weighted by Crippen LogP contribution is -2.26. The summed E-state index contributed by atoms with van der Waals surface area (Å²) in [5.41, 5.74) is -3.22. The first kappa shape index (κ1) is 26.2. The molecule has 2 rings (SSSR count). The number of aromatic carboxylic acids is 2. The van der Waals surface area contributed by atoms with Crippen LogP contribution < -0.4 is 9.78 Å². The summed E-state index contributed by atoms with van der Waals surface area (Å²) < 4.78 is 10.7. The van der Waals surface area contributed by atoms with Crippen molar-refractivity contribution in [1.82, 2.24) is 0 Å². The molecule has 10 nitrogen and oxygen atoms in total. The van der Waals surface area contributed by atoms with Crippen LogP contribution in [0.5, 0.6) is 11.5 Å². The van der Waals surface area contributed by atoms with Crippen molar-refractivity contribution >= 4 is 23.9 Å². The van der Waals surface area contributed by atoms with E-state index < -0.39 is 57.7 Å². The number of para-hydroxylation sites is 2. The van der Waals surface area contributed by atoms with Gasteiger partial charge in [-0.25, -0.2) is 19.2 Å². The van der Waals surface area contributed by atoms with Gasteiger partial charge in [0.05, 0.1) is 0 Å². The lowest BCUT2D eigenvalue weighted by molar-refractivity contribution is -0.103. The molecule has 34 heavy (non-hydrogen) atoms. The van der Waals surface area contributed by atoms with Crippen LogP contribution in [0.2, 0.25) is 0 Å². The molecule has 0 heterocycles. The number of hydrogen-bond acceptors (Lipinski definition) is 8. The van der Waals surface area contributed by atoms with Crippen LogP contribution >= 0.6 is 0 Å². The zero-order valence-corrected chi connectivity index (χ0v) is 19.6. The van der Waals surface area contributed by atoms with Crippen molar-refractivity contribution in [3.8, 4) is 11.5 Å². The van der Waals surface area contributed by atoms with E-state index in [2.05, 4.69) is 0 Å². The van der Waals surface area contributed by atoms with E-state index in [1.807, 2.05) is 0 Å². The minimum Gasteiger partial charge on any atom is -0.478 e. The largest absolute Gasteiger partial charge is 0.478 e. The van der Waals surface area contributed by atoms with Gasteiger partial charge >= 0.3 is 23.9 Å². The van der Waals surface area contributed by atoms with Gasteiger partial charge in [-0.2, -0.15) is 0 Å². The van der Waals surface area contributed by atoms with Gasteiger partial charge in [0.25, 0.3) is 0 Å². The predicted molar refractivity (Wildman–Crippen MR) is 118 cm³/mol. The van der Waals surface area contributed by atoms with Crippen molar-refractivity contribution in [2.24, 2.45) is 0 Å². The Balaban J connectivity index is 2.61. The summed E-state index contributed by atoms with van der Waals surface area (Å²) in [6.07, 6.45) is 0. The molecule has 10 heteroatoms. The highest BCUT2D eigenvalue weighted by Gasteiger charge is 2.30. The number of carboxylic acids is 2. The number of hydrogen-bond donors (Lipinski definition) is 2. The molecule has 182 valence electrons. The van der Waals surface area contributed by atoms with Gasteiger partial charge < -0.3 is 19.7 Å². The number of carboxylic acid groups (broad SMARTS) is 2. The number of benzene rings is 2. The molecule has 0 saturated carbocycles. The lowest BCUT2D eigenvalue weighted by atomic mass is 10.1. The fraction of sp³-hybridized carbons (Fsp3) is 0.333. The first-order valence-corrected chi connectivity index (χ1v) is 10.1. The molecule has 0 fully saturated rings. The molecule has 2 N–H and O–H groups in total. The summed E-state index contributed by atoms with van der Waals surface area (Å²) in [5.74, 6) is -5.73. The SMILES string of the molecule is CC(C)(C)OC(=O)c1cccc(C(=O)OC(C)(C)C)c1OOc1c(C(=O)O)cccc1C(=O)O. The summed E-state index contributed by atoms with van der Waals surface area (Å²) in [7, 11) is 0. The van der Waals surface area contributed by atoms with E-state index >= 15 is 0 Å². The van der Waals surface area contributed by atoms with E-state index in [4.69, 9.17) is 19.2 Å². The molecule has 0 radical (unpaired) electrons. The third-order valence-corrected chi connectivity index (χ3v) is 3.94. The van der Waals surface area contributed by atoms with E-state index in [0.717, 1.165) is 12.1 Å². The summed E-state index contributed by atoms with van der Waals surface area (Å²) in [6.45, 7) is 9.84. The molecule has 0 amide bonds. The summed E-state index contributed by atoms with van der Waals surface area (Å²) in [4.78, 5) is 59.2. The number of carbonyl (C=O) groups excluding carboxylic acids is 2. The maximum atomic E-state index is 12.8. The van der Waals surface area contributed by atoms with E-state index in [1.165, 1.54) is 24.3 Å². The van der Waals surface area contributed by atoms with Crippen molar-refractivity contribution in [3.63, 3.8) is 0 Å². The molecule has 0 saturated heterocycles. The molecule has 0 aliphatic rings. The van der Waals surface area contributed by atoms with Crippen molar-refractivity contribution in [3.05, 3.63) is 58.7 Å². The zero-order valence-electron chi connectivity index (χ0n) is 19.6. The Morgan fingerprint density at radius 1 is 0.588 bits per heavy atom. The Morgan fingerprint density at radius 3 is 1.18 bits per heavy atom. The van der Waals surface area contributed by atoms with E-state index in [0.29, 0.717) is 0 Å². The van der Waals surface area contributed by atoms with Crippen molar-refractivity contribution < 1.29 is 48.6 Å². The topological polar surface area (TPSA) is 146 Å². The molecule has 0 bridgehead atoms. The summed E-state index contributed by atoms with van der Waals surface area (Å²) >= 11 is 0. The maximum absolute atomic E-state index is 12.8. The van der Waals surface area contributed by atoms with Crippen LogP contribution in [0, 0.1) is 0 Å². The van der Waals surface area contributed by atoms with Crippen LogP contribution in [0.3, 0.4) is 0 Å². The number of esters is 2. The Labute approximate surface area is 195 Å². The maximum Gasteiger partial charge on any atom is 0.342 e. The highest BCUT2D eigenvalue weighted by Crippen LogP contribution is 2.31. The van der Waals surface area contributed by atoms with Crippen molar-refractivity contribution in [2.45, 2.75) is 52.7 Å². The van der Waals surface area contributed by atoms with E-state index in [1.54, 1.807) is 41.5 Å². The van der Waals surface area contributed by atoms with Crippen molar-refractivity contribution in [1.29, 1.82) is 0 Å². The van der Waals surface area contributed by atoms with Gasteiger partial charge in [0.2, 0.25) is 11.5 Å². The molecule has 0 spiro atoms. The minimum atomic E-state index is -1.48. The smallest absolute Gasteiger partial charge is 0.342 e. The Kier molecular flexibility index (Phi) is 7.56. The minimum absolute atomic E-state index is 0.219. The van der Waals surface area contributed by atoms with E-state index in [-0.39, 0.29) is 11.1 Å². The monoisotopic (exact) mass is 474 g/mol. The fourth-order valence-corrected chi connectivity index (χ4v) is 2.66. The lowest BCUT2D eigenvalue weighted by Gasteiger charge is -2.22.